The van der Waals surface area contributed by atoms with E-state index in [0.29, 0.717) is 6.04 Å². The van der Waals surface area contributed by atoms with Gasteiger partial charge in [-0.3, -0.25) is 0 Å². The lowest BCUT2D eigenvalue weighted by molar-refractivity contribution is 0.294. The molecule has 0 aliphatic heterocycles. The minimum Gasteiger partial charge on any atom is -0.497 e. The first-order chi connectivity index (χ1) is 8.99. The first kappa shape index (κ1) is 15.8. The second kappa shape index (κ2) is 7.36. The summed E-state index contributed by atoms with van der Waals surface area (Å²) in [4.78, 5) is 2.20. The average Bonchev–Trinajstić information content (AvgIpc) is 2.43. The molecule has 108 valence electrons. The summed E-state index contributed by atoms with van der Waals surface area (Å²) in [5.74, 6) is 1.67. The lowest BCUT2D eigenvalue weighted by Crippen LogP contribution is -2.36. The van der Waals surface area contributed by atoms with Crippen molar-refractivity contribution in [3.63, 3.8) is 0 Å². The van der Waals surface area contributed by atoms with Crippen LogP contribution in [0.25, 0.3) is 0 Å². The van der Waals surface area contributed by atoms with Gasteiger partial charge >= 0.3 is 0 Å². The fourth-order valence-corrected chi connectivity index (χ4v) is 1.82. The first-order valence-electron chi connectivity index (χ1n) is 6.61. The van der Waals surface area contributed by atoms with E-state index in [1.165, 1.54) is 0 Å². The fraction of sp³-hybridized carbons (Fsp3) is 0.600. The number of benzene rings is 1. The molecule has 4 heteroatoms. The topological polar surface area (TPSA) is 33.7 Å². The molecule has 0 aliphatic rings. The summed E-state index contributed by atoms with van der Waals surface area (Å²) in [6.45, 7) is 5.28. The number of likely N-dealkylation sites (N-methyl/N-ethyl adjacent to an activating group) is 1. The summed E-state index contributed by atoms with van der Waals surface area (Å²) >= 11 is 0. The molecule has 0 radical (unpaired) electrons. The van der Waals surface area contributed by atoms with E-state index in [0.717, 1.165) is 23.6 Å². The van der Waals surface area contributed by atoms with E-state index in [-0.39, 0.29) is 6.04 Å². The van der Waals surface area contributed by atoms with Crippen LogP contribution in [0, 0.1) is 0 Å². The lowest BCUT2D eigenvalue weighted by atomic mass is 10.1. The van der Waals surface area contributed by atoms with E-state index in [1.807, 2.05) is 12.1 Å². The molecule has 0 saturated carbocycles. The molecule has 0 fully saturated rings. The number of ether oxygens (including phenoxy) is 2. The van der Waals surface area contributed by atoms with Crippen LogP contribution in [-0.4, -0.2) is 45.8 Å². The third-order valence-electron chi connectivity index (χ3n) is 3.51. The van der Waals surface area contributed by atoms with Crippen molar-refractivity contribution < 1.29 is 9.47 Å². The van der Waals surface area contributed by atoms with Crippen LogP contribution in [0.2, 0.25) is 0 Å². The van der Waals surface area contributed by atoms with E-state index >= 15 is 0 Å². The second-order valence-electron chi connectivity index (χ2n) is 5.05. The molecule has 2 unspecified atom stereocenters. The molecule has 1 rings (SSSR count). The molecule has 1 aromatic rings. The van der Waals surface area contributed by atoms with Gasteiger partial charge in [0.05, 0.1) is 14.2 Å². The van der Waals surface area contributed by atoms with Crippen LogP contribution in [0.3, 0.4) is 0 Å². The first-order valence-corrected chi connectivity index (χ1v) is 6.61. The summed E-state index contributed by atoms with van der Waals surface area (Å²) in [7, 11) is 7.53. The summed E-state index contributed by atoms with van der Waals surface area (Å²) in [5, 5.41) is 3.53. The monoisotopic (exact) mass is 266 g/mol. The van der Waals surface area contributed by atoms with Crippen LogP contribution in [0.1, 0.15) is 25.5 Å². The van der Waals surface area contributed by atoms with Gasteiger partial charge in [0.1, 0.15) is 11.5 Å². The SMILES string of the molecule is COc1ccc(C(C)NCC(C)N(C)C)c(OC)c1. The van der Waals surface area contributed by atoms with Crippen LogP contribution in [0.4, 0.5) is 0 Å². The van der Waals surface area contributed by atoms with E-state index in [9.17, 15) is 0 Å². The Morgan fingerprint density at radius 1 is 1.16 bits per heavy atom. The van der Waals surface area contributed by atoms with E-state index in [2.05, 4.69) is 44.2 Å². The highest BCUT2D eigenvalue weighted by molar-refractivity contribution is 5.42. The normalized spacial score (nSPS) is 14.3. The maximum atomic E-state index is 5.43. The maximum absolute atomic E-state index is 5.43. The number of rotatable bonds is 7. The van der Waals surface area contributed by atoms with Gasteiger partial charge in [0.15, 0.2) is 0 Å². The van der Waals surface area contributed by atoms with Crippen LogP contribution < -0.4 is 14.8 Å². The van der Waals surface area contributed by atoms with Crippen LogP contribution in [-0.2, 0) is 0 Å². The highest BCUT2D eigenvalue weighted by atomic mass is 16.5. The zero-order chi connectivity index (χ0) is 14.4. The largest absolute Gasteiger partial charge is 0.497 e. The zero-order valence-electron chi connectivity index (χ0n) is 12.9. The molecule has 4 nitrogen and oxygen atoms in total. The molecule has 0 aromatic heterocycles. The Balaban J connectivity index is 2.73. The molecule has 0 bridgehead atoms. The average molecular weight is 266 g/mol. The Hall–Kier alpha value is -1.26. The van der Waals surface area contributed by atoms with Crippen LogP contribution >= 0.6 is 0 Å². The third kappa shape index (κ3) is 4.40. The minimum absolute atomic E-state index is 0.239. The molecule has 2 atom stereocenters. The standard InChI is InChI=1S/C15H26N2O2/c1-11(17(3)4)10-16-12(2)14-8-7-13(18-5)9-15(14)19-6/h7-9,11-12,16H,10H2,1-6H3. The van der Waals surface area contributed by atoms with Crippen molar-refractivity contribution in [2.24, 2.45) is 0 Å². The smallest absolute Gasteiger partial charge is 0.127 e. The Morgan fingerprint density at radius 2 is 1.84 bits per heavy atom. The van der Waals surface area contributed by atoms with Gasteiger partial charge in [-0.05, 0) is 34.0 Å². The van der Waals surface area contributed by atoms with Crippen LogP contribution in [0.15, 0.2) is 18.2 Å². The van der Waals surface area contributed by atoms with Crippen LogP contribution in [0.5, 0.6) is 11.5 Å². The van der Waals surface area contributed by atoms with Crippen molar-refractivity contribution in [2.75, 3.05) is 34.9 Å². The molecular weight excluding hydrogens is 240 g/mol. The molecule has 0 spiro atoms. The van der Waals surface area contributed by atoms with Gasteiger partial charge in [-0.2, -0.15) is 0 Å². The van der Waals surface area contributed by atoms with Crippen molar-refractivity contribution in [2.45, 2.75) is 25.9 Å². The second-order valence-corrected chi connectivity index (χ2v) is 5.05. The highest BCUT2D eigenvalue weighted by Crippen LogP contribution is 2.29. The molecule has 0 aliphatic carbocycles. The Labute approximate surface area is 116 Å². The minimum atomic E-state index is 0.239. The van der Waals surface area contributed by atoms with Crippen molar-refractivity contribution in [3.05, 3.63) is 23.8 Å². The Kier molecular flexibility index (Phi) is 6.12. The summed E-state index contributed by atoms with van der Waals surface area (Å²) in [6, 6.07) is 6.67. The molecular formula is C15H26N2O2. The van der Waals surface area contributed by atoms with Crippen molar-refractivity contribution in [3.8, 4) is 11.5 Å². The molecule has 0 amide bonds. The summed E-state index contributed by atoms with van der Waals surface area (Å²) in [5.41, 5.74) is 1.15. The summed E-state index contributed by atoms with van der Waals surface area (Å²) in [6.07, 6.45) is 0. The molecule has 1 aromatic carbocycles. The number of hydrogen-bond acceptors (Lipinski definition) is 4. The van der Waals surface area contributed by atoms with Crippen molar-refractivity contribution >= 4 is 0 Å². The molecule has 19 heavy (non-hydrogen) atoms. The maximum Gasteiger partial charge on any atom is 0.127 e. The van der Waals surface area contributed by atoms with Gasteiger partial charge < -0.3 is 19.7 Å². The predicted octanol–water partition coefficient (Wildman–Crippen LogP) is 2.30. The van der Waals surface area contributed by atoms with Gasteiger partial charge in [-0.15, -0.1) is 0 Å². The molecule has 0 heterocycles. The quantitative estimate of drug-likeness (QED) is 0.821. The van der Waals surface area contributed by atoms with Gasteiger partial charge in [-0.1, -0.05) is 6.07 Å². The van der Waals surface area contributed by atoms with E-state index < -0.39 is 0 Å². The van der Waals surface area contributed by atoms with Gasteiger partial charge in [-0.25, -0.2) is 0 Å². The Morgan fingerprint density at radius 3 is 2.37 bits per heavy atom. The molecule has 1 N–H and O–H groups in total. The Bertz CT molecular complexity index is 394. The summed E-state index contributed by atoms with van der Waals surface area (Å²) < 4.78 is 10.6. The van der Waals surface area contributed by atoms with Gasteiger partial charge in [0.25, 0.3) is 0 Å². The lowest BCUT2D eigenvalue weighted by Gasteiger charge is -2.24. The fourth-order valence-electron chi connectivity index (χ4n) is 1.82. The van der Waals surface area contributed by atoms with Gasteiger partial charge in [0, 0.05) is 30.3 Å². The van der Waals surface area contributed by atoms with Gasteiger partial charge in [0.2, 0.25) is 0 Å². The number of methoxy groups -OCH3 is 2. The van der Waals surface area contributed by atoms with E-state index in [1.54, 1.807) is 14.2 Å². The number of hydrogen-bond donors (Lipinski definition) is 1. The highest BCUT2D eigenvalue weighted by Gasteiger charge is 2.13. The van der Waals surface area contributed by atoms with E-state index in [4.69, 9.17) is 9.47 Å². The number of nitrogens with one attached hydrogen (secondary N) is 1. The zero-order valence-corrected chi connectivity index (χ0v) is 12.9. The third-order valence-corrected chi connectivity index (χ3v) is 3.51. The molecule has 0 saturated heterocycles. The predicted molar refractivity (Wildman–Crippen MR) is 79.1 cm³/mol. The van der Waals surface area contributed by atoms with Crippen molar-refractivity contribution in [1.29, 1.82) is 0 Å². The number of nitrogens with zero attached hydrogens (tertiary/aromatic N) is 1. The van der Waals surface area contributed by atoms with Crippen molar-refractivity contribution in [1.82, 2.24) is 10.2 Å².